The number of hydrogen-bond acceptors (Lipinski definition) is 30. The van der Waals surface area contributed by atoms with E-state index in [1.807, 2.05) is 20.8 Å². The maximum atomic E-state index is 15.5. The first-order valence-electron chi connectivity index (χ1n) is 31.5. The summed E-state index contributed by atoms with van der Waals surface area (Å²) in [6.07, 6.45) is -39.8. The second-order valence-corrected chi connectivity index (χ2v) is 28.8. The Hall–Kier alpha value is -1.75. The number of aliphatic hydroxyl groups excluding tert-OH is 17. The van der Waals surface area contributed by atoms with Gasteiger partial charge in [0.25, 0.3) is 0 Å². The van der Waals surface area contributed by atoms with E-state index in [2.05, 4.69) is 19.9 Å². The summed E-state index contributed by atoms with van der Waals surface area (Å²) in [5, 5.41) is 205. The van der Waals surface area contributed by atoms with E-state index in [4.69, 9.17) is 47.4 Å². The molecular formula is C60H100O30. The van der Waals surface area contributed by atoms with Gasteiger partial charge in [-0.15, -0.1) is 0 Å². The first kappa shape index (κ1) is 72.5. The Bertz CT molecular complexity index is 2440. The van der Waals surface area contributed by atoms with Gasteiger partial charge in [-0.2, -0.15) is 0 Å². The average Bonchev–Trinajstić information content (AvgIpc) is 1.28. The fourth-order valence-electron chi connectivity index (χ4n) is 16.7. The molecule has 34 unspecified atom stereocenters. The molecule has 0 radical (unpaired) electrons. The molecule has 3 saturated carbocycles. The Morgan fingerprint density at radius 3 is 1.48 bits per heavy atom. The van der Waals surface area contributed by atoms with Crippen molar-refractivity contribution in [2.45, 2.75) is 284 Å². The van der Waals surface area contributed by atoms with Gasteiger partial charge < -0.3 is 144 Å². The second-order valence-electron chi connectivity index (χ2n) is 28.8. The zero-order chi connectivity index (χ0) is 66.4. The van der Waals surface area contributed by atoms with Gasteiger partial charge >= 0.3 is 0 Å². The van der Waals surface area contributed by atoms with Crippen LogP contribution in [0.3, 0.4) is 0 Å². The summed E-state index contributed by atoms with van der Waals surface area (Å²) in [5.41, 5.74) is -5.30. The molecule has 5 saturated heterocycles. The number of ether oxygens (including phenoxy) is 10. The van der Waals surface area contributed by atoms with Gasteiger partial charge in [0.05, 0.1) is 56.4 Å². The van der Waals surface area contributed by atoms with Gasteiger partial charge in [-0.3, -0.25) is 4.79 Å². The molecule has 520 valence electrons. The zero-order valence-corrected chi connectivity index (χ0v) is 52.1. The molecule has 30 heteroatoms. The molecule has 90 heavy (non-hydrogen) atoms. The summed E-state index contributed by atoms with van der Waals surface area (Å²) in [6, 6.07) is 0. The molecule has 9 aliphatic rings. The van der Waals surface area contributed by atoms with Crippen LogP contribution < -0.4 is 0 Å². The number of fused-ring (bicyclic) bond motifs is 5. The van der Waals surface area contributed by atoms with Crippen molar-refractivity contribution in [1.82, 2.24) is 0 Å². The zero-order valence-electron chi connectivity index (χ0n) is 52.1. The molecule has 30 nitrogen and oxygen atoms in total. The van der Waals surface area contributed by atoms with Gasteiger partial charge in [0.1, 0.15) is 128 Å². The van der Waals surface area contributed by atoms with Crippen molar-refractivity contribution >= 4 is 5.78 Å². The van der Waals surface area contributed by atoms with Crippen LogP contribution in [-0.4, -0.2) is 313 Å². The lowest BCUT2D eigenvalue weighted by Gasteiger charge is -2.65. The Kier molecular flexibility index (Phi) is 22.0. The van der Waals surface area contributed by atoms with Crippen LogP contribution in [0.4, 0.5) is 0 Å². The van der Waals surface area contributed by atoms with Gasteiger partial charge in [-0.25, -0.2) is 0 Å². The van der Waals surface area contributed by atoms with Gasteiger partial charge in [0.15, 0.2) is 31.5 Å². The van der Waals surface area contributed by atoms with E-state index in [0.29, 0.717) is 32.1 Å². The molecule has 19 N–H and O–H groups in total. The van der Waals surface area contributed by atoms with Crippen LogP contribution in [0.1, 0.15) is 107 Å². The summed E-state index contributed by atoms with van der Waals surface area (Å²) in [7, 11) is 0. The number of carbonyl (C=O) groups is 1. The van der Waals surface area contributed by atoms with Crippen LogP contribution in [0.15, 0.2) is 11.6 Å². The first-order chi connectivity index (χ1) is 41.9. The van der Waals surface area contributed by atoms with Gasteiger partial charge in [-0.1, -0.05) is 46.3 Å². The Morgan fingerprint density at radius 1 is 0.533 bits per heavy atom. The SMILES string of the molecule is CC(C)(O)C(CCC(C)(O)C1CCC2(C)C3CC=C4C(CCC(OC5OC(COC6OC(CO)C(O)C(O)C6O)C(O)C(O)C5OC5OC(CO)C(O)C(O)C5O)C4(C)C)C3(C)C(=O)CC12C)OC1OC(COC2OC(CO)C(O)C(O)C2O)C(O)C(O)C1O. The molecule has 0 spiro atoms. The summed E-state index contributed by atoms with van der Waals surface area (Å²) in [5.74, 6) is -0.963. The van der Waals surface area contributed by atoms with E-state index in [1.54, 1.807) is 6.92 Å². The van der Waals surface area contributed by atoms with Crippen LogP contribution >= 0.6 is 0 Å². The first-order valence-corrected chi connectivity index (χ1v) is 31.5. The van der Waals surface area contributed by atoms with Crippen molar-refractivity contribution in [3.8, 4) is 0 Å². The number of ketones is 1. The molecule has 0 aromatic heterocycles. The number of rotatable bonds is 20. The maximum Gasteiger partial charge on any atom is 0.187 e. The highest BCUT2D eigenvalue weighted by molar-refractivity contribution is 5.88. The smallest absolute Gasteiger partial charge is 0.187 e. The van der Waals surface area contributed by atoms with E-state index in [1.165, 1.54) is 13.8 Å². The standard InChI is InChI=1S/C60H100O30/c1-55(2)23-9-11-31-57(5)15-13-30(59(7,80)16-14-34(56(3,4)79)89-52-47(77)43(73)38(68)28(86-52)21-81-50-45(75)40(70)35(65)25(18-61)83-50)58(57,6)17-32(64)60(31,8)24(23)10-12-33(55)88-54-49(90-53-48(78)42(72)37(67)27(20-63)85-53)44(74)39(69)29(87-54)22-82-51-46(76)41(71)36(66)26(19-62)84-51/h9,24-31,33-54,61-63,65-80H,10-22H2,1-8H3. The molecule has 4 aliphatic carbocycles. The third-order valence-corrected chi connectivity index (χ3v) is 22.6. The largest absolute Gasteiger partial charge is 0.394 e. The monoisotopic (exact) mass is 1300 g/mol. The number of hydrogen-bond donors (Lipinski definition) is 19. The summed E-state index contributed by atoms with van der Waals surface area (Å²) < 4.78 is 59.2. The Labute approximate surface area is 521 Å². The Balaban J connectivity index is 0.900. The van der Waals surface area contributed by atoms with Crippen LogP contribution in [0.5, 0.6) is 0 Å². The lowest BCUT2D eigenvalue weighted by atomic mass is 9.38. The van der Waals surface area contributed by atoms with Crippen molar-refractivity contribution in [3.05, 3.63) is 11.6 Å². The molecule has 0 aromatic carbocycles. The minimum absolute atomic E-state index is 0.0101. The molecule has 8 fully saturated rings. The van der Waals surface area contributed by atoms with E-state index < -0.39 is 238 Å². The van der Waals surface area contributed by atoms with Crippen LogP contribution in [0.25, 0.3) is 0 Å². The normalized spacial score (nSPS) is 50.9. The number of Topliss-reactive ketones (excluding diaryl/α,β-unsaturated/α-hetero) is 1. The third-order valence-electron chi connectivity index (χ3n) is 22.6. The average molecular weight is 1300 g/mol. The fraction of sp³-hybridized carbons (Fsp3) is 0.950. The van der Waals surface area contributed by atoms with Crippen molar-refractivity contribution in [1.29, 1.82) is 0 Å². The highest BCUT2D eigenvalue weighted by Crippen LogP contribution is 2.74. The lowest BCUT2D eigenvalue weighted by molar-refractivity contribution is -0.379. The highest BCUT2D eigenvalue weighted by atomic mass is 16.8. The Morgan fingerprint density at radius 2 is 0.978 bits per heavy atom. The number of aliphatic hydroxyl groups is 19. The van der Waals surface area contributed by atoms with E-state index in [9.17, 15) is 97.0 Å². The highest BCUT2D eigenvalue weighted by Gasteiger charge is 2.72. The molecule has 5 aliphatic heterocycles. The molecule has 34 atom stereocenters. The van der Waals surface area contributed by atoms with Crippen LogP contribution in [0.2, 0.25) is 0 Å². The number of carbonyl (C=O) groups excluding carboxylic acids is 1. The van der Waals surface area contributed by atoms with Gasteiger partial charge in [0.2, 0.25) is 0 Å². The molecule has 5 heterocycles. The van der Waals surface area contributed by atoms with Crippen molar-refractivity contribution in [2.75, 3.05) is 33.0 Å². The molecule has 0 aromatic rings. The van der Waals surface area contributed by atoms with Crippen LogP contribution in [-0.2, 0) is 52.2 Å². The minimum Gasteiger partial charge on any atom is -0.394 e. The third kappa shape index (κ3) is 12.9. The van der Waals surface area contributed by atoms with Gasteiger partial charge in [0, 0.05) is 17.3 Å². The van der Waals surface area contributed by atoms with E-state index in [0.717, 1.165) is 5.57 Å². The van der Waals surface area contributed by atoms with Gasteiger partial charge in [-0.05, 0) is 94.3 Å². The molecule has 9 rings (SSSR count). The lowest BCUT2D eigenvalue weighted by Crippen LogP contribution is -2.66. The maximum absolute atomic E-state index is 15.5. The second kappa shape index (κ2) is 27.3. The van der Waals surface area contributed by atoms with Crippen molar-refractivity contribution < 1.29 is 149 Å². The summed E-state index contributed by atoms with van der Waals surface area (Å²) in [4.78, 5) is 15.5. The molecule has 0 amide bonds. The minimum atomic E-state index is -1.94. The summed E-state index contributed by atoms with van der Waals surface area (Å²) in [6.45, 7) is 11.2. The predicted molar refractivity (Wildman–Crippen MR) is 301 cm³/mol. The number of allylic oxidation sites excluding steroid dienone is 1. The van der Waals surface area contributed by atoms with E-state index >= 15 is 4.79 Å². The van der Waals surface area contributed by atoms with Crippen molar-refractivity contribution in [3.63, 3.8) is 0 Å². The molecule has 0 bridgehead atoms. The fourth-order valence-corrected chi connectivity index (χ4v) is 16.7. The summed E-state index contributed by atoms with van der Waals surface area (Å²) >= 11 is 0. The van der Waals surface area contributed by atoms with Crippen LogP contribution in [0, 0.1) is 39.4 Å². The predicted octanol–water partition coefficient (Wildman–Crippen LogP) is -6.08. The topological polar surface area (TPSA) is 494 Å². The quantitative estimate of drug-likeness (QED) is 0.0505. The van der Waals surface area contributed by atoms with Crippen molar-refractivity contribution in [2.24, 2.45) is 39.4 Å². The molecular weight excluding hydrogens is 1200 g/mol. The van der Waals surface area contributed by atoms with E-state index in [-0.39, 0.29) is 36.9 Å².